The average Bonchev–Trinajstić information content (AvgIpc) is 2.16. The van der Waals surface area contributed by atoms with Crippen LogP contribution >= 0.6 is 15.9 Å². The third-order valence-corrected chi connectivity index (χ3v) is 2.23. The number of halogens is 3. The van der Waals surface area contributed by atoms with Crippen molar-refractivity contribution in [3.63, 3.8) is 0 Å². The molecule has 1 aromatic rings. The van der Waals surface area contributed by atoms with Crippen LogP contribution < -0.4 is 5.73 Å². The molecule has 0 fully saturated rings. The first-order chi connectivity index (χ1) is 6.97. The van der Waals surface area contributed by atoms with Gasteiger partial charge in [-0.15, -0.1) is 0 Å². The topological polar surface area (TPSA) is 82.0 Å². The van der Waals surface area contributed by atoms with Crippen molar-refractivity contribution in [3.8, 4) is 0 Å². The summed E-state index contributed by atoms with van der Waals surface area (Å²) in [6, 6.07) is 0.754. The molecule has 0 aliphatic rings. The molecule has 82 valence electrons. The molecule has 0 spiro atoms. The minimum absolute atomic E-state index is 0.00750. The van der Waals surface area contributed by atoms with Crippen molar-refractivity contribution in [3.05, 3.63) is 27.4 Å². The van der Waals surface area contributed by atoms with Gasteiger partial charge in [0.25, 0.3) is 6.43 Å². The number of alkyl halides is 3. The van der Waals surface area contributed by atoms with E-state index in [2.05, 4.69) is 20.9 Å². The molecule has 0 atom stereocenters. The molecule has 0 saturated heterocycles. The van der Waals surface area contributed by atoms with Gasteiger partial charge in [0.2, 0.25) is 5.82 Å². The maximum Gasteiger partial charge on any atom is 0.311 e. The highest BCUT2D eigenvalue weighted by atomic mass is 79.9. The summed E-state index contributed by atoms with van der Waals surface area (Å²) in [6.07, 6.45) is -2.82. The molecule has 0 saturated carbocycles. The van der Waals surface area contributed by atoms with Crippen molar-refractivity contribution in [1.82, 2.24) is 4.98 Å². The summed E-state index contributed by atoms with van der Waals surface area (Å²) in [5, 5.41) is 10.5. The Morgan fingerprint density at radius 2 is 2.27 bits per heavy atom. The molecule has 0 aromatic carbocycles. The lowest BCUT2D eigenvalue weighted by molar-refractivity contribution is -0.384. The molecule has 0 unspecified atom stereocenters. The lowest BCUT2D eigenvalue weighted by Crippen LogP contribution is -2.04. The Kier molecular flexibility index (Phi) is 3.51. The summed E-state index contributed by atoms with van der Waals surface area (Å²) >= 11 is 2.95. The SMILES string of the molecule is Nc1nc(CBr)c(C(F)F)cc1[N+](=O)[O-]. The first kappa shape index (κ1) is 11.8. The third-order valence-electron chi connectivity index (χ3n) is 1.70. The van der Waals surface area contributed by atoms with E-state index in [1.165, 1.54) is 0 Å². The van der Waals surface area contributed by atoms with E-state index in [0.29, 0.717) is 0 Å². The molecule has 0 amide bonds. The van der Waals surface area contributed by atoms with E-state index in [0.717, 1.165) is 6.07 Å². The number of hydrogen-bond acceptors (Lipinski definition) is 4. The van der Waals surface area contributed by atoms with E-state index in [1.807, 2.05) is 0 Å². The summed E-state index contributed by atoms with van der Waals surface area (Å²) in [5.74, 6) is -0.362. The summed E-state index contributed by atoms with van der Waals surface area (Å²) in [6.45, 7) is 0. The van der Waals surface area contributed by atoms with Gasteiger partial charge in [0.1, 0.15) is 0 Å². The maximum atomic E-state index is 12.5. The van der Waals surface area contributed by atoms with Crippen LogP contribution in [0.2, 0.25) is 0 Å². The first-order valence-corrected chi connectivity index (χ1v) is 4.87. The number of nitrogen functional groups attached to an aromatic ring is 1. The van der Waals surface area contributed by atoms with Crippen LogP contribution in [-0.2, 0) is 5.33 Å². The Bertz CT molecular complexity index is 400. The number of nitrogens with zero attached hydrogens (tertiary/aromatic N) is 2. The van der Waals surface area contributed by atoms with Gasteiger partial charge in [0.15, 0.2) is 0 Å². The van der Waals surface area contributed by atoms with Gasteiger partial charge in [-0.05, 0) is 0 Å². The highest BCUT2D eigenvalue weighted by Crippen LogP contribution is 2.30. The summed E-state index contributed by atoms with van der Waals surface area (Å²) in [4.78, 5) is 13.1. The van der Waals surface area contributed by atoms with Gasteiger partial charge in [0, 0.05) is 17.0 Å². The second-order valence-electron chi connectivity index (χ2n) is 2.62. The van der Waals surface area contributed by atoms with Crippen LogP contribution in [0.4, 0.5) is 20.3 Å². The van der Waals surface area contributed by atoms with Gasteiger partial charge in [-0.1, -0.05) is 15.9 Å². The number of pyridine rings is 1. The maximum absolute atomic E-state index is 12.5. The molecule has 1 heterocycles. The quantitative estimate of drug-likeness (QED) is 0.524. The Hall–Kier alpha value is -1.31. The molecule has 2 N–H and O–H groups in total. The molecule has 15 heavy (non-hydrogen) atoms. The number of nitrogens with two attached hydrogens (primary N) is 1. The standard InChI is InChI=1S/C7H6BrF2N3O2/c8-2-4-3(6(9)10)1-5(13(14)15)7(11)12-4/h1,6H,2H2,(H2,11,12). The van der Waals surface area contributed by atoms with Crippen molar-refractivity contribution in [2.45, 2.75) is 11.8 Å². The summed E-state index contributed by atoms with van der Waals surface area (Å²) < 4.78 is 24.9. The van der Waals surface area contributed by atoms with E-state index in [4.69, 9.17) is 5.73 Å². The van der Waals surface area contributed by atoms with Gasteiger partial charge >= 0.3 is 5.69 Å². The fraction of sp³-hybridized carbons (Fsp3) is 0.286. The monoisotopic (exact) mass is 281 g/mol. The van der Waals surface area contributed by atoms with E-state index in [-0.39, 0.29) is 16.8 Å². The van der Waals surface area contributed by atoms with Crippen LogP contribution in [-0.4, -0.2) is 9.91 Å². The second kappa shape index (κ2) is 4.47. The Morgan fingerprint density at radius 1 is 1.67 bits per heavy atom. The smallest absolute Gasteiger partial charge is 0.311 e. The van der Waals surface area contributed by atoms with E-state index >= 15 is 0 Å². The van der Waals surface area contributed by atoms with Crippen molar-refractivity contribution in [2.24, 2.45) is 0 Å². The fourth-order valence-electron chi connectivity index (χ4n) is 1.01. The number of hydrogen-bond donors (Lipinski definition) is 1. The lowest BCUT2D eigenvalue weighted by atomic mass is 10.2. The molecular weight excluding hydrogens is 276 g/mol. The van der Waals surface area contributed by atoms with Crippen LogP contribution in [0.5, 0.6) is 0 Å². The number of aromatic nitrogens is 1. The largest absolute Gasteiger partial charge is 0.378 e. The minimum Gasteiger partial charge on any atom is -0.378 e. The van der Waals surface area contributed by atoms with Crippen molar-refractivity contribution in [1.29, 1.82) is 0 Å². The normalized spacial score (nSPS) is 10.7. The first-order valence-electron chi connectivity index (χ1n) is 3.75. The molecule has 0 aliphatic heterocycles. The fourth-order valence-corrected chi connectivity index (χ4v) is 1.46. The minimum atomic E-state index is -2.82. The number of nitro groups is 1. The van der Waals surface area contributed by atoms with Crippen LogP contribution in [0.15, 0.2) is 6.07 Å². The molecule has 0 aliphatic carbocycles. The zero-order chi connectivity index (χ0) is 11.6. The second-order valence-corrected chi connectivity index (χ2v) is 3.18. The molecule has 5 nitrogen and oxygen atoms in total. The Balaban J connectivity index is 3.37. The van der Waals surface area contributed by atoms with Crippen LogP contribution in [0.3, 0.4) is 0 Å². The highest BCUT2D eigenvalue weighted by Gasteiger charge is 2.22. The number of rotatable bonds is 3. The number of anilines is 1. The summed E-state index contributed by atoms with van der Waals surface area (Å²) in [5.41, 5.74) is 4.18. The van der Waals surface area contributed by atoms with E-state index < -0.39 is 22.6 Å². The van der Waals surface area contributed by atoms with Crippen molar-refractivity contribution < 1.29 is 13.7 Å². The lowest BCUT2D eigenvalue weighted by Gasteiger charge is -2.06. The van der Waals surface area contributed by atoms with Crippen molar-refractivity contribution >= 4 is 27.4 Å². The molecule has 1 aromatic heterocycles. The van der Waals surface area contributed by atoms with Gasteiger partial charge in [-0.3, -0.25) is 10.1 Å². The van der Waals surface area contributed by atoms with Crippen LogP contribution in [0.25, 0.3) is 0 Å². The summed E-state index contributed by atoms with van der Waals surface area (Å²) in [7, 11) is 0. The Labute approximate surface area is 91.6 Å². The predicted octanol–water partition coefficient (Wildman–Crippen LogP) is 2.40. The van der Waals surface area contributed by atoms with E-state index in [9.17, 15) is 18.9 Å². The van der Waals surface area contributed by atoms with Gasteiger partial charge < -0.3 is 5.73 Å². The zero-order valence-electron chi connectivity index (χ0n) is 7.28. The van der Waals surface area contributed by atoms with Crippen molar-refractivity contribution in [2.75, 3.05) is 5.73 Å². The van der Waals surface area contributed by atoms with Crippen LogP contribution in [0, 0.1) is 10.1 Å². The van der Waals surface area contributed by atoms with Gasteiger partial charge in [-0.25, -0.2) is 13.8 Å². The van der Waals surface area contributed by atoms with Gasteiger partial charge in [0.05, 0.1) is 10.6 Å². The van der Waals surface area contributed by atoms with Gasteiger partial charge in [-0.2, -0.15) is 0 Å². The molecule has 0 radical (unpaired) electrons. The average molecular weight is 282 g/mol. The molecular formula is C7H6BrF2N3O2. The third kappa shape index (κ3) is 2.38. The predicted molar refractivity (Wildman–Crippen MR) is 52.9 cm³/mol. The highest BCUT2D eigenvalue weighted by molar-refractivity contribution is 9.08. The van der Waals surface area contributed by atoms with E-state index in [1.54, 1.807) is 0 Å². The Morgan fingerprint density at radius 3 is 2.67 bits per heavy atom. The molecule has 0 bridgehead atoms. The molecule has 1 rings (SSSR count). The van der Waals surface area contributed by atoms with Crippen LogP contribution in [0.1, 0.15) is 17.7 Å². The zero-order valence-corrected chi connectivity index (χ0v) is 8.87. The molecule has 8 heteroatoms.